The van der Waals surface area contributed by atoms with Crippen molar-refractivity contribution < 1.29 is 8.42 Å². The Labute approximate surface area is 127 Å². The highest BCUT2D eigenvalue weighted by molar-refractivity contribution is 7.89. The van der Waals surface area contributed by atoms with Crippen LogP contribution in [0.5, 0.6) is 0 Å². The van der Waals surface area contributed by atoms with E-state index in [1.165, 1.54) is 16.6 Å². The number of rotatable bonds is 7. The van der Waals surface area contributed by atoms with Crippen molar-refractivity contribution in [1.29, 1.82) is 0 Å². The van der Waals surface area contributed by atoms with Crippen LogP contribution in [0.25, 0.3) is 0 Å². The van der Waals surface area contributed by atoms with Gasteiger partial charge in [-0.15, -0.1) is 11.6 Å². The largest absolute Gasteiger partial charge is 0.260 e. The average molecular weight is 319 g/mol. The van der Waals surface area contributed by atoms with Gasteiger partial charge in [-0.05, 0) is 23.5 Å². The molecule has 0 aromatic carbocycles. The smallest absolute Gasteiger partial charge is 0.243 e. The zero-order valence-corrected chi connectivity index (χ0v) is 14.1. The van der Waals surface area contributed by atoms with Gasteiger partial charge in [0.05, 0.1) is 0 Å². The summed E-state index contributed by atoms with van der Waals surface area (Å²) in [5.41, 5.74) is 0.810. The monoisotopic (exact) mass is 318 g/mol. The van der Waals surface area contributed by atoms with Gasteiger partial charge in [0.25, 0.3) is 10.0 Å². The van der Waals surface area contributed by atoms with E-state index in [2.05, 4.69) is 4.98 Å². The molecule has 4 nitrogen and oxygen atoms in total. The van der Waals surface area contributed by atoms with Gasteiger partial charge in [0, 0.05) is 25.2 Å². The summed E-state index contributed by atoms with van der Waals surface area (Å²) in [5.74, 6) is 0.867. The molecule has 6 heteroatoms. The molecule has 114 valence electrons. The molecule has 1 aromatic rings. The Balaban J connectivity index is 3.07. The molecule has 1 rings (SSSR count). The van der Waals surface area contributed by atoms with Gasteiger partial charge in [-0.1, -0.05) is 33.8 Å². The molecule has 0 N–H and O–H groups in total. The average Bonchev–Trinajstić information content (AvgIpc) is 2.37. The zero-order chi connectivity index (χ0) is 15.3. The highest BCUT2D eigenvalue weighted by Crippen LogP contribution is 2.17. The van der Waals surface area contributed by atoms with E-state index < -0.39 is 10.0 Å². The summed E-state index contributed by atoms with van der Waals surface area (Å²) in [6.45, 7) is 9.03. The van der Waals surface area contributed by atoms with Crippen LogP contribution in [0.1, 0.15) is 33.3 Å². The number of alkyl halides is 1. The van der Waals surface area contributed by atoms with E-state index in [9.17, 15) is 8.42 Å². The van der Waals surface area contributed by atoms with Crippen molar-refractivity contribution in [2.24, 2.45) is 11.8 Å². The van der Waals surface area contributed by atoms with E-state index in [0.29, 0.717) is 19.0 Å². The zero-order valence-electron chi connectivity index (χ0n) is 12.5. The molecule has 0 spiro atoms. The highest BCUT2D eigenvalue weighted by atomic mass is 35.5. The van der Waals surface area contributed by atoms with Crippen molar-refractivity contribution in [2.75, 3.05) is 13.1 Å². The topological polar surface area (TPSA) is 50.3 Å². The maximum Gasteiger partial charge on any atom is 0.260 e. The van der Waals surface area contributed by atoms with Crippen LogP contribution < -0.4 is 0 Å². The van der Waals surface area contributed by atoms with E-state index in [0.717, 1.165) is 5.56 Å². The Bertz CT molecular complexity index is 502. The first-order chi connectivity index (χ1) is 9.27. The quantitative estimate of drug-likeness (QED) is 0.726. The van der Waals surface area contributed by atoms with E-state index in [4.69, 9.17) is 11.6 Å². The molecule has 1 heterocycles. The number of hydrogen-bond acceptors (Lipinski definition) is 3. The van der Waals surface area contributed by atoms with E-state index in [-0.39, 0.29) is 16.9 Å². The van der Waals surface area contributed by atoms with Crippen molar-refractivity contribution in [3.05, 3.63) is 23.9 Å². The lowest BCUT2D eigenvalue weighted by molar-refractivity contribution is 0.332. The number of pyridine rings is 1. The van der Waals surface area contributed by atoms with Crippen LogP contribution in [0.3, 0.4) is 0 Å². The molecule has 0 atom stereocenters. The van der Waals surface area contributed by atoms with E-state index >= 15 is 0 Å². The molecular formula is C14H23ClN2O2S. The van der Waals surface area contributed by atoms with Crippen LogP contribution in [0.15, 0.2) is 23.4 Å². The van der Waals surface area contributed by atoms with E-state index in [1.54, 1.807) is 6.07 Å². The molecule has 0 unspecified atom stereocenters. The molecule has 0 radical (unpaired) electrons. The van der Waals surface area contributed by atoms with E-state index in [1.807, 2.05) is 27.7 Å². The van der Waals surface area contributed by atoms with Crippen LogP contribution in [-0.4, -0.2) is 30.8 Å². The molecule has 0 fully saturated rings. The third-order valence-electron chi connectivity index (χ3n) is 2.69. The van der Waals surface area contributed by atoms with Crippen molar-refractivity contribution in [3.8, 4) is 0 Å². The summed E-state index contributed by atoms with van der Waals surface area (Å²) >= 11 is 5.69. The Morgan fingerprint density at radius 2 is 1.70 bits per heavy atom. The fraction of sp³-hybridized carbons (Fsp3) is 0.643. The van der Waals surface area contributed by atoms with Crippen molar-refractivity contribution in [1.82, 2.24) is 9.29 Å². The van der Waals surface area contributed by atoms with Crippen molar-refractivity contribution in [2.45, 2.75) is 38.6 Å². The predicted octanol–water partition coefficient (Wildman–Crippen LogP) is 3.12. The van der Waals surface area contributed by atoms with Gasteiger partial charge >= 0.3 is 0 Å². The highest BCUT2D eigenvalue weighted by Gasteiger charge is 2.26. The number of hydrogen-bond donors (Lipinski definition) is 0. The van der Waals surface area contributed by atoms with Crippen LogP contribution >= 0.6 is 11.6 Å². The van der Waals surface area contributed by atoms with Crippen LogP contribution in [-0.2, 0) is 15.9 Å². The minimum absolute atomic E-state index is 0.0904. The third kappa shape index (κ3) is 4.72. The predicted molar refractivity (Wildman–Crippen MR) is 82.2 cm³/mol. The molecule has 0 bridgehead atoms. The fourth-order valence-corrected chi connectivity index (χ4v) is 3.70. The minimum atomic E-state index is -3.54. The van der Waals surface area contributed by atoms with Gasteiger partial charge in [-0.25, -0.2) is 13.4 Å². The summed E-state index contributed by atoms with van der Waals surface area (Å²) in [6.07, 6.45) is 1.52. The van der Waals surface area contributed by atoms with Crippen LogP contribution in [0.4, 0.5) is 0 Å². The Morgan fingerprint density at radius 1 is 1.15 bits per heavy atom. The normalized spacial score (nSPS) is 12.6. The SMILES string of the molecule is CC(C)CN(CC(C)C)S(=O)(=O)c1ccc(CCl)cn1. The summed E-state index contributed by atoms with van der Waals surface area (Å²) in [7, 11) is -3.54. The summed E-state index contributed by atoms with van der Waals surface area (Å²) in [5, 5.41) is 0.0904. The van der Waals surface area contributed by atoms with Gasteiger partial charge in [-0.3, -0.25) is 0 Å². The Morgan fingerprint density at radius 3 is 2.05 bits per heavy atom. The standard InChI is InChI=1S/C14H23ClN2O2S/c1-11(2)9-17(10-12(3)4)20(18,19)14-6-5-13(7-15)8-16-14/h5-6,8,11-12H,7,9-10H2,1-4H3. The number of halogens is 1. The second kappa shape index (κ2) is 7.38. The first kappa shape index (κ1) is 17.4. The lowest BCUT2D eigenvalue weighted by atomic mass is 10.2. The number of aromatic nitrogens is 1. The van der Waals surface area contributed by atoms with Gasteiger partial charge in [0.1, 0.15) is 0 Å². The number of sulfonamides is 1. The fourth-order valence-electron chi connectivity index (χ4n) is 1.86. The molecule has 0 saturated carbocycles. The first-order valence-electron chi connectivity index (χ1n) is 6.78. The van der Waals surface area contributed by atoms with Gasteiger partial charge in [-0.2, -0.15) is 4.31 Å². The third-order valence-corrected chi connectivity index (χ3v) is 4.75. The Hall–Kier alpha value is -0.650. The molecule has 0 saturated heterocycles. The molecule has 0 aliphatic carbocycles. The van der Waals surface area contributed by atoms with Crippen molar-refractivity contribution in [3.63, 3.8) is 0 Å². The van der Waals surface area contributed by atoms with Crippen LogP contribution in [0, 0.1) is 11.8 Å². The second-order valence-electron chi connectivity index (χ2n) is 5.75. The number of nitrogens with zero attached hydrogens (tertiary/aromatic N) is 2. The molecule has 20 heavy (non-hydrogen) atoms. The maximum absolute atomic E-state index is 12.6. The first-order valence-corrected chi connectivity index (χ1v) is 8.75. The second-order valence-corrected chi connectivity index (χ2v) is 7.90. The molecule has 1 aromatic heterocycles. The van der Waals surface area contributed by atoms with Crippen LogP contribution in [0.2, 0.25) is 0 Å². The molecule has 0 aliphatic heterocycles. The summed E-state index contributed by atoms with van der Waals surface area (Å²) in [6, 6.07) is 3.23. The van der Waals surface area contributed by atoms with Crippen molar-refractivity contribution >= 4 is 21.6 Å². The van der Waals surface area contributed by atoms with Gasteiger partial charge in [0.2, 0.25) is 0 Å². The summed E-state index contributed by atoms with van der Waals surface area (Å²) in [4.78, 5) is 4.04. The maximum atomic E-state index is 12.6. The van der Waals surface area contributed by atoms with Gasteiger partial charge in [0.15, 0.2) is 5.03 Å². The minimum Gasteiger partial charge on any atom is -0.243 e. The molecule has 0 amide bonds. The summed E-state index contributed by atoms with van der Waals surface area (Å²) < 4.78 is 26.8. The lowest BCUT2D eigenvalue weighted by Gasteiger charge is -2.25. The lowest BCUT2D eigenvalue weighted by Crippen LogP contribution is -2.37. The van der Waals surface area contributed by atoms with Gasteiger partial charge < -0.3 is 0 Å². The Kier molecular flexibility index (Phi) is 6.43. The molecule has 0 aliphatic rings. The molecular weight excluding hydrogens is 296 g/mol.